The minimum atomic E-state index is -3.47. The highest BCUT2D eigenvalue weighted by atomic mass is 31.2. The van der Waals surface area contributed by atoms with Gasteiger partial charge in [0.05, 0.1) is 18.8 Å². The van der Waals surface area contributed by atoms with Crippen LogP contribution in [0.25, 0.3) is 0 Å². The fourth-order valence-corrected chi connectivity index (χ4v) is 3.87. The van der Waals surface area contributed by atoms with E-state index in [-0.39, 0.29) is 19.6 Å². The normalized spacial score (nSPS) is 22.5. The van der Waals surface area contributed by atoms with Crippen LogP contribution in [0, 0.1) is 0 Å². The number of ether oxygens (including phenoxy) is 3. The largest absolute Gasteiger partial charge is 0.479 e. The Hall–Kier alpha value is -1.77. The summed E-state index contributed by atoms with van der Waals surface area (Å²) >= 11 is 0. The van der Waals surface area contributed by atoms with E-state index in [0.29, 0.717) is 5.56 Å². The van der Waals surface area contributed by atoms with Gasteiger partial charge in [0.2, 0.25) is 0 Å². The number of carboxylic acid groups (broad SMARTS) is 1. The summed E-state index contributed by atoms with van der Waals surface area (Å²) in [4.78, 5) is 23.6. The first kappa shape index (κ1) is 21.5. The lowest BCUT2D eigenvalue weighted by Gasteiger charge is -2.19. The second-order valence-electron chi connectivity index (χ2n) is 5.61. The molecule has 0 aromatic heterocycles. The van der Waals surface area contributed by atoms with Crippen LogP contribution >= 0.6 is 7.60 Å². The molecule has 0 radical (unpaired) electrons. The van der Waals surface area contributed by atoms with E-state index in [1.807, 2.05) is 0 Å². The molecule has 1 aromatic rings. The molecule has 1 aromatic carbocycles. The quantitative estimate of drug-likeness (QED) is 0.465. The van der Waals surface area contributed by atoms with Gasteiger partial charge in [-0.15, -0.1) is 0 Å². The molecule has 0 amide bonds. The highest BCUT2D eigenvalue weighted by molar-refractivity contribution is 7.53. The average molecular weight is 402 g/mol. The SMILES string of the molecule is CCOP(=O)(CO[C@@H]1CC(OC(=O)c2ccccc2)[C@@H](C(=O)O)O1)OCC. The summed E-state index contributed by atoms with van der Waals surface area (Å²) < 4.78 is 38.6. The van der Waals surface area contributed by atoms with Crippen molar-refractivity contribution in [2.75, 3.05) is 19.6 Å². The van der Waals surface area contributed by atoms with E-state index in [9.17, 15) is 19.3 Å². The van der Waals surface area contributed by atoms with E-state index >= 15 is 0 Å². The van der Waals surface area contributed by atoms with Crippen molar-refractivity contribution in [1.82, 2.24) is 0 Å². The molecule has 0 aliphatic carbocycles. The standard InChI is InChI=1S/C17H23O9P/c1-3-23-27(21,24-4-2)11-22-14-10-13(15(26-14)16(18)19)25-17(20)12-8-6-5-7-9-12/h5-9,13-15H,3-4,10-11H2,1-2H3,(H,18,19)/t13?,14-,15-/m0/s1. The van der Waals surface area contributed by atoms with Crippen molar-refractivity contribution in [2.45, 2.75) is 38.8 Å². The first-order valence-electron chi connectivity index (χ1n) is 8.52. The van der Waals surface area contributed by atoms with Crippen molar-refractivity contribution in [3.05, 3.63) is 35.9 Å². The Kier molecular flexibility index (Phi) is 7.94. The van der Waals surface area contributed by atoms with E-state index < -0.39 is 44.4 Å². The lowest BCUT2D eigenvalue weighted by molar-refractivity contribution is -0.168. The minimum absolute atomic E-state index is 0.0200. The van der Waals surface area contributed by atoms with Crippen molar-refractivity contribution in [1.29, 1.82) is 0 Å². The molecule has 2 rings (SSSR count). The van der Waals surface area contributed by atoms with Crippen molar-refractivity contribution < 1.29 is 42.5 Å². The number of carbonyl (C=O) groups excluding carboxylic acids is 1. The predicted molar refractivity (Wildman–Crippen MR) is 93.4 cm³/mol. The molecule has 1 fully saturated rings. The molecule has 1 unspecified atom stereocenters. The Morgan fingerprint density at radius 3 is 2.37 bits per heavy atom. The van der Waals surface area contributed by atoms with Crippen LogP contribution < -0.4 is 0 Å². The van der Waals surface area contributed by atoms with E-state index in [2.05, 4.69) is 0 Å². The molecule has 1 aliphatic heterocycles. The molecule has 10 heteroatoms. The van der Waals surface area contributed by atoms with E-state index in [0.717, 1.165) is 0 Å². The summed E-state index contributed by atoms with van der Waals surface area (Å²) in [7, 11) is -3.47. The zero-order chi connectivity index (χ0) is 19.9. The van der Waals surface area contributed by atoms with Gasteiger partial charge in [0.25, 0.3) is 0 Å². The number of carbonyl (C=O) groups is 2. The molecule has 0 bridgehead atoms. The summed E-state index contributed by atoms with van der Waals surface area (Å²) in [5.74, 6) is -1.95. The van der Waals surface area contributed by atoms with Gasteiger partial charge in [-0.05, 0) is 26.0 Å². The van der Waals surface area contributed by atoms with Crippen molar-refractivity contribution in [3.8, 4) is 0 Å². The third-order valence-electron chi connectivity index (χ3n) is 3.64. The van der Waals surface area contributed by atoms with Gasteiger partial charge in [-0.1, -0.05) is 18.2 Å². The van der Waals surface area contributed by atoms with E-state index in [4.69, 9.17) is 23.3 Å². The van der Waals surface area contributed by atoms with E-state index in [1.54, 1.807) is 44.2 Å². The minimum Gasteiger partial charge on any atom is -0.479 e. The van der Waals surface area contributed by atoms with Gasteiger partial charge in [-0.25, -0.2) is 9.59 Å². The summed E-state index contributed by atoms with van der Waals surface area (Å²) in [5.41, 5.74) is 0.295. The maximum absolute atomic E-state index is 12.4. The Labute approximate surface area is 157 Å². The average Bonchev–Trinajstić information content (AvgIpc) is 3.04. The molecule has 1 saturated heterocycles. The van der Waals surface area contributed by atoms with Gasteiger partial charge in [-0.3, -0.25) is 4.57 Å². The molecule has 27 heavy (non-hydrogen) atoms. The summed E-state index contributed by atoms with van der Waals surface area (Å²) in [6.07, 6.45) is -3.87. The molecular weight excluding hydrogens is 379 g/mol. The predicted octanol–water partition coefficient (Wildman–Crippen LogP) is 2.65. The molecule has 1 N–H and O–H groups in total. The fourth-order valence-electron chi connectivity index (χ4n) is 2.51. The summed E-state index contributed by atoms with van der Waals surface area (Å²) in [5, 5.41) is 9.31. The fraction of sp³-hybridized carbons (Fsp3) is 0.529. The molecular formula is C17H23O9P. The van der Waals surface area contributed by atoms with Gasteiger partial charge < -0.3 is 28.4 Å². The van der Waals surface area contributed by atoms with Gasteiger partial charge in [0, 0.05) is 6.42 Å². The van der Waals surface area contributed by atoms with Gasteiger partial charge >= 0.3 is 19.5 Å². The van der Waals surface area contributed by atoms with Crippen LogP contribution in [-0.2, 0) is 32.6 Å². The van der Waals surface area contributed by atoms with Crippen LogP contribution in [0.4, 0.5) is 0 Å². The van der Waals surface area contributed by atoms with Crippen LogP contribution in [0.5, 0.6) is 0 Å². The highest BCUT2D eigenvalue weighted by Gasteiger charge is 2.44. The number of hydrogen-bond donors (Lipinski definition) is 1. The molecule has 150 valence electrons. The number of aliphatic carboxylic acids is 1. The first-order valence-corrected chi connectivity index (χ1v) is 10.3. The smallest absolute Gasteiger partial charge is 0.356 e. The summed E-state index contributed by atoms with van der Waals surface area (Å²) in [6.45, 7) is 3.66. The zero-order valence-corrected chi connectivity index (χ0v) is 16.0. The number of rotatable bonds is 10. The zero-order valence-electron chi connectivity index (χ0n) is 15.1. The van der Waals surface area contributed by atoms with Crippen LogP contribution in [0.2, 0.25) is 0 Å². The van der Waals surface area contributed by atoms with Crippen LogP contribution in [0.15, 0.2) is 30.3 Å². The summed E-state index contributed by atoms with van der Waals surface area (Å²) in [6, 6.07) is 8.20. The second kappa shape index (κ2) is 9.96. The Bertz CT molecular complexity index is 668. The Balaban J connectivity index is 1.98. The monoisotopic (exact) mass is 402 g/mol. The molecule has 3 atom stereocenters. The third-order valence-corrected chi connectivity index (χ3v) is 5.41. The van der Waals surface area contributed by atoms with Crippen molar-refractivity contribution in [2.24, 2.45) is 0 Å². The number of esters is 1. The molecule has 1 heterocycles. The molecule has 0 saturated carbocycles. The molecule has 0 spiro atoms. The Morgan fingerprint density at radius 1 is 1.19 bits per heavy atom. The van der Waals surface area contributed by atoms with Crippen molar-refractivity contribution >= 4 is 19.5 Å². The first-order chi connectivity index (χ1) is 12.9. The Morgan fingerprint density at radius 2 is 1.81 bits per heavy atom. The maximum Gasteiger partial charge on any atom is 0.356 e. The maximum atomic E-state index is 12.4. The van der Waals surface area contributed by atoms with Crippen LogP contribution in [-0.4, -0.2) is 55.1 Å². The number of benzene rings is 1. The third kappa shape index (κ3) is 6.12. The van der Waals surface area contributed by atoms with E-state index in [1.165, 1.54) is 0 Å². The van der Waals surface area contributed by atoms with Crippen LogP contribution in [0.3, 0.4) is 0 Å². The van der Waals surface area contributed by atoms with Gasteiger partial charge in [0.1, 0.15) is 6.10 Å². The lowest BCUT2D eigenvalue weighted by Crippen LogP contribution is -2.34. The second-order valence-corrected chi connectivity index (χ2v) is 7.61. The van der Waals surface area contributed by atoms with Gasteiger partial charge in [-0.2, -0.15) is 0 Å². The highest BCUT2D eigenvalue weighted by Crippen LogP contribution is 2.48. The topological polar surface area (TPSA) is 118 Å². The van der Waals surface area contributed by atoms with Crippen LogP contribution in [0.1, 0.15) is 30.6 Å². The number of hydrogen-bond acceptors (Lipinski definition) is 8. The lowest BCUT2D eigenvalue weighted by atomic mass is 10.1. The molecule has 9 nitrogen and oxygen atoms in total. The number of carboxylic acids is 1. The van der Waals surface area contributed by atoms with Crippen molar-refractivity contribution in [3.63, 3.8) is 0 Å². The molecule has 1 aliphatic rings. The van der Waals surface area contributed by atoms with Gasteiger partial charge in [0.15, 0.2) is 18.7 Å².